The SMILES string of the molecule is COc1ccc(Cl)cc1C(C)(O)CN. The molecule has 4 heteroatoms. The van der Waals surface area contributed by atoms with Crippen molar-refractivity contribution in [3.63, 3.8) is 0 Å². The maximum atomic E-state index is 9.97. The molecule has 3 N–H and O–H groups in total. The summed E-state index contributed by atoms with van der Waals surface area (Å²) in [6, 6.07) is 5.07. The van der Waals surface area contributed by atoms with Crippen LogP contribution in [0.1, 0.15) is 12.5 Å². The zero-order valence-electron chi connectivity index (χ0n) is 8.25. The predicted octanol–water partition coefficient (Wildman–Crippen LogP) is 1.51. The van der Waals surface area contributed by atoms with Crippen molar-refractivity contribution in [3.05, 3.63) is 28.8 Å². The quantitative estimate of drug-likeness (QED) is 0.804. The fourth-order valence-corrected chi connectivity index (χ4v) is 1.38. The lowest BCUT2D eigenvalue weighted by molar-refractivity contribution is 0.0641. The molecule has 0 bridgehead atoms. The van der Waals surface area contributed by atoms with Crippen LogP contribution in [0, 0.1) is 0 Å². The summed E-state index contributed by atoms with van der Waals surface area (Å²) in [7, 11) is 1.54. The van der Waals surface area contributed by atoms with Crippen LogP contribution in [-0.4, -0.2) is 18.8 Å². The third-order valence-corrected chi connectivity index (χ3v) is 2.37. The van der Waals surface area contributed by atoms with E-state index in [9.17, 15) is 5.11 Å². The second-order valence-electron chi connectivity index (χ2n) is 3.32. The maximum Gasteiger partial charge on any atom is 0.125 e. The molecule has 0 aromatic heterocycles. The molecule has 0 spiro atoms. The van der Waals surface area contributed by atoms with Crippen LogP contribution < -0.4 is 10.5 Å². The number of hydrogen-bond acceptors (Lipinski definition) is 3. The molecule has 1 aromatic carbocycles. The van der Waals surface area contributed by atoms with E-state index in [4.69, 9.17) is 22.1 Å². The third kappa shape index (κ3) is 2.18. The first kappa shape index (κ1) is 11.3. The Hall–Kier alpha value is -0.770. The van der Waals surface area contributed by atoms with Crippen molar-refractivity contribution >= 4 is 11.6 Å². The molecule has 1 rings (SSSR count). The normalized spacial score (nSPS) is 14.9. The lowest BCUT2D eigenvalue weighted by Gasteiger charge is -2.24. The molecule has 0 aliphatic carbocycles. The molecule has 1 atom stereocenters. The number of ether oxygens (including phenoxy) is 1. The average Bonchev–Trinajstić information content (AvgIpc) is 2.18. The van der Waals surface area contributed by atoms with Gasteiger partial charge in [-0.05, 0) is 25.1 Å². The Kier molecular flexibility index (Phi) is 3.37. The molecule has 0 heterocycles. The summed E-state index contributed by atoms with van der Waals surface area (Å²) in [4.78, 5) is 0. The van der Waals surface area contributed by atoms with Gasteiger partial charge in [-0.25, -0.2) is 0 Å². The van der Waals surface area contributed by atoms with Gasteiger partial charge in [-0.15, -0.1) is 0 Å². The molecule has 0 saturated heterocycles. The Morgan fingerprint density at radius 2 is 2.21 bits per heavy atom. The van der Waals surface area contributed by atoms with E-state index >= 15 is 0 Å². The van der Waals surface area contributed by atoms with E-state index < -0.39 is 5.60 Å². The first-order chi connectivity index (χ1) is 6.51. The number of hydrogen-bond donors (Lipinski definition) is 2. The standard InChI is InChI=1S/C10H14ClNO2/c1-10(13,6-12)8-5-7(11)3-4-9(8)14-2/h3-5,13H,6,12H2,1-2H3. The van der Waals surface area contributed by atoms with E-state index in [1.807, 2.05) is 0 Å². The van der Waals surface area contributed by atoms with Crippen LogP contribution in [0.3, 0.4) is 0 Å². The first-order valence-corrected chi connectivity index (χ1v) is 4.65. The lowest BCUT2D eigenvalue weighted by Crippen LogP contribution is -2.31. The number of methoxy groups -OCH3 is 1. The summed E-state index contributed by atoms with van der Waals surface area (Å²) < 4.78 is 5.11. The van der Waals surface area contributed by atoms with Gasteiger partial charge in [0.25, 0.3) is 0 Å². The summed E-state index contributed by atoms with van der Waals surface area (Å²) >= 11 is 5.83. The van der Waals surface area contributed by atoms with E-state index in [-0.39, 0.29) is 6.54 Å². The fourth-order valence-electron chi connectivity index (χ4n) is 1.21. The van der Waals surface area contributed by atoms with Gasteiger partial charge in [0.2, 0.25) is 0 Å². The Morgan fingerprint density at radius 3 is 2.71 bits per heavy atom. The highest BCUT2D eigenvalue weighted by Crippen LogP contribution is 2.31. The van der Waals surface area contributed by atoms with Gasteiger partial charge in [-0.3, -0.25) is 0 Å². The molecule has 0 saturated carbocycles. The summed E-state index contributed by atoms with van der Waals surface area (Å²) in [5.41, 5.74) is 4.95. The number of benzene rings is 1. The van der Waals surface area contributed by atoms with Crippen LogP contribution in [0.15, 0.2) is 18.2 Å². The largest absolute Gasteiger partial charge is 0.496 e. The van der Waals surface area contributed by atoms with Crippen LogP contribution in [0.25, 0.3) is 0 Å². The van der Waals surface area contributed by atoms with Crippen molar-refractivity contribution in [2.45, 2.75) is 12.5 Å². The van der Waals surface area contributed by atoms with Crippen molar-refractivity contribution in [2.75, 3.05) is 13.7 Å². The second kappa shape index (κ2) is 4.17. The van der Waals surface area contributed by atoms with Gasteiger partial charge in [0.15, 0.2) is 0 Å². The van der Waals surface area contributed by atoms with Gasteiger partial charge in [-0.2, -0.15) is 0 Å². The Bertz CT molecular complexity index is 326. The summed E-state index contributed by atoms with van der Waals surface area (Å²) in [5, 5.41) is 10.5. The van der Waals surface area contributed by atoms with Gasteiger partial charge < -0.3 is 15.6 Å². The van der Waals surface area contributed by atoms with Crippen LogP contribution in [0.2, 0.25) is 5.02 Å². The van der Waals surface area contributed by atoms with Gasteiger partial charge in [0, 0.05) is 17.1 Å². The number of nitrogens with two attached hydrogens (primary N) is 1. The molecule has 3 nitrogen and oxygen atoms in total. The average molecular weight is 216 g/mol. The van der Waals surface area contributed by atoms with E-state index in [2.05, 4.69) is 0 Å². The van der Waals surface area contributed by atoms with Gasteiger partial charge >= 0.3 is 0 Å². The molecular formula is C10H14ClNO2. The van der Waals surface area contributed by atoms with Crippen LogP contribution in [-0.2, 0) is 5.60 Å². The summed E-state index contributed by atoms with van der Waals surface area (Å²) in [6.45, 7) is 1.74. The topological polar surface area (TPSA) is 55.5 Å². The highest BCUT2D eigenvalue weighted by Gasteiger charge is 2.25. The van der Waals surface area contributed by atoms with Gasteiger partial charge in [0.05, 0.1) is 7.11 Å². The van der Waals surface area contributed by atoms with Crippen LogP contribution >= 0.6 is 11.6 Å². The molecule has 0 radical (unpaired) electrons. The Morgan fingerprint density at radius 1 is 1.57 bits per heavy atom. The smallest absolute Gasteiger partial charge is 0.125 e. The monoisotopic (exact) mass is 215 g/mol. The number of rotatable bonds is 3. The lowest BCUT2D eigenvalue weighted by atomic mass is 9.95. The highest BCUT2D eigenvalue weighted by molar-refractivity contribution is 6.30. The third-order valence-electron chi connectivity index (χ3n) is 2.14. The maximum absolute atomic E-state index is 9.97. The van der Waals surface area contributed by atoms with Crippen molar-refractivity contribution in [3.8, 4) is 5.75 Å². The molecular weight excluding hydrogens is 202 g/mol. The Balaban J connectivity index is 3.23. The minimum Gasteiger partial charge on any atom is -0.496 e. The molecule has 0 fully saturated rings. The van der Waals surface area contributed by atoms with Crippen molar-refractivity contribution in [1.82, 2.24) is 0 Å². The zero-order valence-corrected chi connectivity index (χ0v) is 9.01. The first-order valence-electron chi connectivity index (χ1n) is 4.27. The highest BCUT2D eigenvalue weighted by atomic mass is 35.5. The van der Waals surface area contributed by atoms with Crippen molar-refractivity contribution in [2.24, 2.45) is 5.73 Å². The molecule has 14 heavy (non-hydrogen) atoms. The minimum absolute atomic E-state index is 0.115. The van der Waals surface area contributed by atoms with E-state index in [0.29, 0.717) is 16.3 Å². The van der Waals surface area contributed by atoms with Crippen LogP contribution in [0.5, 0.6) is 5.75 Å². The molecule has 0 aliphatic heterocycles. The number of aliphatic hydroxyl groups is 1. The van der Waals surface area contributed by atoms with Crippen molar-refractivity contribution in [1.29, 1.82) is 0 Å². The summed E-state index contributed by atoms with van der Waals surface area (Å²) in [5.74, 6) is 0.588. The molecule has 78 valence electrons. The van der Waals surface area contributed by atoms with E-state index in [0.717, 1.165) is 0 Å². The summed E-state index contributed by atoms with van der Waals surface area (Å²) in [6.07, 6.45) is 0. The minimum atomic E-state index is -1.11. The second-order valence-corrected chi connectivity index (χ2v) is 3.76. The zero-order chi connectivity index (χ0) is 10.8. The number of halogens is 1. The molecule has 0 amide bonds. The molecule has 0 aliphatic rings. The van der Waals surface area contributed by atoms with Crippen LogP contribution in [0.4, 0.5) is 0 Å². The van der Waals surface area contributed by atoms with Crippen molar-refractivity contribution < 1.29 is 9.84 Å². The predicted molar refractivity (Wildman–Crippen MR) is 56.6 cm³/mol. The van der Waals surface area contributed by atoms with E-state index in [1.165, 1.54) is 0 Å². The van der Waals surface area contributed by atoms with Gasteiger partial charge in [0.1, 0.15) is 11.4 Å². The fraction of sp³-hybridized carbons (Fsp3) is 0.400. The van der Waals surface area contributed by atoms with Gasteiger partial charge in [-0.1, -0.05) is 11.6 Å². The molecule has 1 unspecified atom stereocenters. The van der Waals surface area contributed by atoms with E-state index in [1.54, 1.807) is 32.2 Å². The molecule has 1 aromatic rings. The Labute approximate surface area is 88.4 Å².